The first kappa shape index (κ1) is 17.2. The highest BCUT2D eigenvalue weighted by Crippen LogP contribution is 2.28. The summed E-state index contributed by atoms with van der Waals surface area (Å²) in [7, 11) is 0. The monoisotopic (exact) mass is 359 g/mol. The number of aromatic nitrogens is 2. The summed E-state index contributed by atoms with van der Waals surface area (Å²) in [5, 5.41) is 11.1. The van der Waals surface area contributed by atoms with Crippen molar-refractivity contribution in [1.82, 2.24) is 10.2 Å². The molecule has 0 radical (unpaired) electrons. The lowest BCUT2D eigenvalue weighted by molar-refractivity contribution is 0.101. The van der Waals surface area contributed by atoms with Crippen LogP contribution in [0.15, 0.2) is 42.5 Å². The van der Waals surface area contributed by atoms with Gasteiger partial charge in [-0.05, 0) is 23.6 Å². The van der Waals surface area contributed by atoms with Crippen LogP contribution < -0.4 is 5.32 Å². The second-order valence-electron chi connectivity index (χ2n) is 5.74. The lowest BCUT2D eigenvalue weighted by Gasteiger charge is -2.05. The fraction of sp³-hybridized carbons (Fsp3) is 0.167. The SMILES string of the molecule is CC(C)c1ccc(-c2nnc(NC(=O)c3c(F)cccc3F)s2)cc1. The zero-order valence-electron chi connectivity index (χ0n) is 13.6. The van der Waals surface area contributed by atoms with Gasteiger partial charge in [0.15, 0.2) is 0 Å². The molecule has 0 saturated heterocycles. The number of nitrogens with one attached hydrogen (secondary N) is 1. The quantitative estimate of drug-likeness (QED) is 0.724. The summed E-state index contributed by atoms with van der Waals surface area (Å²) in [5.74, 6) is -2.32. The van der Waals surface area contributed by atoms with E-state index < -0.39 is 23.1 Å². The van der Waals surface area contributed by atoms with Gasteiger partial charge in [-0.1, -0.05) is 55.5 Å². The number of amides is 1. The molecular formula is C18H15F2N3OS. The minimum absolute atomic E-state index is 0.176. The van der Waals surface area contributed by atoms with E-state index in [1.807, 2.05) is 24.3 Å². The molecule has 2 aromatic carbocycles. The molecule has 0 saturated carbocycles. The lowest BCUT2D eigenvalue weighted by atomic mass is 10.0. The number of hydrogen-bond acceptors (Lipinski definition) is 4. The molecule has 0 atom stereocenters. The van der Waals surface area contributed by atoms with Crippen LogP contribution in [0.3, 0.4) is 0 Å². The number of anilines is 1. The highest BCUT2D eigenvalue weighted by atomic mass is 32.1. The van der Waals surface area contributed by atoms with E-state index in [9.17, 15) is 13.6 Å². The Bertz CT molecular complexity index is 887. The number of hydrogen-bond donors (Lipinski definition) is 1. The topological polar surface area (TPSA) is 54.9 Å². The third-order valence-corrected chi connectivity index (χ3v) is 4.55. The maximum Gasteiger partial charge on any atom is 0.263 e. The van der Waals surface area contributed by atoms with Gasteiger partial charge in [-0.2, -0.15) is 0 Å². The van der Waals surface area contributed by atoms with Crippen LogP contribution in [0.5, 0.6) is 0 Å². The fourth-order valence-corrected chi connectivity index (χ4v) is 3.02. The minimum Gasteiger partial charge on any atom is -0.296 e. The molecule has 0 aliphatic carbocycles. The number of nitrogens with zero attached hydrogens (tertiary/aromatic N) is 2. The second kappa shape index (κ2) is 7.06. The highest BCUT2D eigenvalue weighted by molar-refractivity contribution is 7.18. The smallest absolute Gasteiger partial charge is 0.263 e. The summed E-state index contributed by atoms with van der Waals surface area (Å²) in [4.78, 5) is 12.1. The highest BCUT2D eigenvalue weighted by Gasteiger charge is 2.19. The average Bonchev–Trinajstić information content (AvgIpc) is 3.03. The maximum absolute atomic E-state index is 13.6. The number of halogens is 2. The van der Waals surface area contributed by atoms with Crippen molar-refractivity contribution in [3.63, 3.8) is 0 Å². The Labute approximate surface area is 147 Å². The molecule has 1 aromatic heterocycles. The third kappa shape index (κ3) is 3.71. The van der Waals surface area contributed by atoms with E-state index in [1.54, 1.807) is 0 Å². The molecular weight excluding hydrogens is 344 g/mol. The summed E-state index contributed by atoms with van der Waals surface area (Å²) in [6.07, 6.45) is 0. The first-order valence-corrected chi connectivity index (χ1v) is 8.46. The van der Waals surface area contributed by atoms with Crippen molar-refractivity contribution in [3.8, 4) is 10.6 Å². The van der Waals surface area contributed by atoms with Crippen LogP contribution in [0.25, 0.3) is 10.6 Å². The third-order valence-electron chi connectivity index (χ3n) is 3.66. The Morgan fingerprint density at radius 2 is 1.68 bits per heavy atom. The van der Waals surface area contributed by atoms with E-state index in [0.717, 1.165) is 29.0 Å². The van der Waals surface area contributed by atoms with Gasteiger partial charge in [-0.25, -0.2) is 8.78 Å². The van der Waals surface area contributed by atoms with Crippen molar-refractivity contribution in [2.45, 2.75) is 19.8 Å². The molecule has 1 heterocycles. The van der Waals surface area contributed by atoms with E-state index in [0.29, 0.717) is 10.9 Å². The minimum atomic E-state index is -0.925. The van der Waals surface area contributed by atoms with Crippen molar-refractivity contribution in [3.05, 3.63) is 65.2 Å². The molecule has 0 bridgehead atoms. The zero-order chi connectivity index (χ0) is 18.0. The Balaban J connectivity index is 1.79. The predicted octanol–water partition coefficient (Wildman–Crippen LogP) is 4.86. The van der Waals surface area contributed by atoms with Gasteiger partial charge in [-0.3, -0.25) is 10.1 Å². The number of rotatable bonds is 4. The molecule has 3 rings (SSSR count). The molecule has 0 aliphatic rings. The molecule has 4 nitrogen and oxygen atoms in total. The van der Waals surface area contributed by atoms with Crippen LogP contribution in [0, 0.1) is 11.6 Å². The Hall–Kier alpha value is -2.67. The maximum atomic E-state index is 13.6. The molecule has 25 heavy (non-hydrogen) atoms. The lowest BCUT2D eigenvalue weighted by Crippen LogP contribution is -2.15. The normalized spacial score (nSPS) is 10.9. The van der Waals surface area contributed by atoms with Crippen LogP contribution in [-0.2, 0) is 0 Å². The largest absolute Gasteiger partial charge is 0.296 e. The molecule has 7 heteroatoms. The van der Waals surface area contributed by atoms with E-state index in [2.05, 4.69) is 29.4 Å². The van der Waals surface area contributed by atoms with Crippen molar-refractivity contribution in [2.24, 2.45) is 0 Å². The van der Waals surface area contributed by atoms with Gasteiger partial charge in [0, 0.05) is 5.56 Å². The first-order chi connectivity index (χ1) is 12.0. The van der Waals surface area contributed by atoms with Gasteiger partial charge in [-0.15, -0.1) is 10.2 Å². The van der Waals surface area contributed by atoms with Crippen LogP contribution in [0.2, 0.25) is 0 Å². The zero-order valence-corrected chi connectivity index (χ0v) is 14.4. The van der Waals surface area contributed by atoms with Crippen molar-refractivity contribution in [2.75, 3.05) is 5.32 Å². The fourth-order valence-electron chi connectivity index (χ4n) is 2.28. The predicted molar refractivity (Wildman–Crippen MR) is 93.7 cm³/mol. The number of benzene rings is 2. The van der Waals surface area contributed by atoms with Crippen molar-refractivity contribution >= 4 is 22.4 Å². The van der Waals surface area contributed by atoms with Crippen LogP contribution in [-0.4, -0.2) is 16.1 Å². The standard InChI is InChI=1S/C18H15F2N3OS/c1-10(2)11-6-8-12(9-7-11)17-22-23-18(25-17)21-16(24)15-13(19)4-3-5-14(15)20/h3-10H,1-2H3,(H,21,23,24). The Kier molecular flexibility index (Phi) is 4.85. The van der Waals surface area contributed by atoms with Gasteiger partial charge < -0.3 is 0 Å². The molecule has 128 valence electrons. The summed E-state index contributed by atoms with van der Waals surface area (Å²) >= 11 is 1.14. The van der Waals surface area contributed by atoms with E-state index >= 15 is 0 Å². The van der Waals surface area contributed by atoms with E-state index in [1.165, 1.54) is 11.6 Å². The summed E-state index contributed by atoms with van der Waals surface area (Å²) in [6.45, 7) is 4.21. The van der Waals surface area contributed by atoms with E-state index in [4.69, 9.17) is 0 Å². The van der Waals surface area contributed by atoms with Crippen LogP contribution in [0.4, 0.5) is 13.9 Å². The molecule has 0 spiro atoms. The van der Waals surface area contributed by atoms with Gasteiger partial charge in [0.05, 0.1) is 0 Å². The molecule has 3 aromatic rings. The average molecular weight is 359 g/mol. The molecule has 1 amide bonds. The van der Waals surface area contributed by atoms with Crippen molar-refractivity contribution in [1.29, 1.82) is 0 Å². The summed E-state index contributed by atoms with van der Waals surface area (Å²) < 4.78 is 27.3. The van der Waals surface area contributed by atoms with Crippen LogP contribution in [0.1, 0.15) is 35.7 Å². The number of carbonyl (C=O) groups is 1. The Morgan fingerprint density at radius 1 is 1.04 bits per heavy atom. The summed E-state index contributed by atoms with van der Waals surface area (Å²) in [6, 6.07) is 11.1. The molecule has 1 N–H and O–H groups in total. The van der Waals surface area contributed by atoms with Gasteiger partial charge >= 0.3 is 0 Å². The van der Waals surface area contributed by atoms with E-state index in [-0.39, 0.29) is 5.13 Å². The number of carbonyl (C=O) groups excluding carboxylic acids is 1. The first-order valence-electron chi connectivity index (χ1n) is 7.65. The van der Waals surface area contributed by atoms with Gasteiger partial charge in [0.25, 0.3) is 5.91 Å². The van der Waals surface area contributed by atoms with Crippen molar-refractivity contribution < 1.29 is 13.6 Å². The van der Waals surface area contributed by atoms with Crippen LogP contribution >= 0.6 is 11.3 Å². The van der Waals surface area contributed by atoms with Gasteiger partial charge in [0.1, 0.15) is 22.2 Å². The second-order valence-corrected chi connectivity index (χ2v) is 6.72. The molecule has 0 fully saturated rings. The molecule has 0 unspecified atom stereocenters. The summed E-state index contributed by atoms with van der Waals surface area (Å²) in [5.41, 5.74) is 1.43. The van der Waals surface area contributed by atoms with Gasteiger partial charge in [0.2, 0.25) is 5.13 Å². The molecule has 0 aliphatic heterocycles. The Morgan fingerprint density at radius 3 is 2.28 bits per heavy atom.